The van der Waals surface area contributed by atoms with Crippen LogP contribution in [0.4, 0.5) is 0 Å². The number of aromatic nitrogens is 2. The van der Waals surface area contributed by atoms with E-state index < -0.39 is 0 Å². The molecule has 0 saturated carbocycles. The third-order valence-electron chi connectivity index (χ3n) is 5.13. The fraction of sp³-hybridized carbons (Fsp3) is 0.550. The number of hydrogen-bond donors (Lipinski definition) is 2. The average Bonchev–Trinajstić information content (AvgIpc) is 3.16. The van der Waals surface area contributed by atoms with Crippen molar-refractivity contribution in [3.8, 4) is 11.5 Å². The van der Waals surface area contributed by atoms with Crippen molar-refractivity contribution in [2.75, 3.05) is 33.0 Å². The summed E-state index contributed by atoms with van der Waals surface area (Å²) in [5.41, 5.74) is 0.424. The highest BCUT2D eigenvalue weighted by atomic mass is 32.1. The van der Waals surface area contributed by atoms with Crippen LogP contribution >= 0.6 is 12.2 Å². The van der Waals surface area contributed by atoms with Gasteiger partial charge in [-0.2, -0.15) is 0 Å². The molecule has 29 heavy (non-hydrogen) atoms. The van der Waals surface area contributed by atoms with Crippen LogP contribution in [0.5, 0.6) is 11.5 Å². The van der Waals surface area contributed by atoms with E-state index in [4.69, 9.17) is 21.7 Å². The molecule has 9 heteroatoms. The van der Waals surface area contributed by atoms with E-state index in [9.17, 15) is 9.59 Å². The lowest BCUT2D eigenvalue weighted by molar-refractivity contribution is -0.121. The first kappa shape index (κ1) is 21.3. The van der Waals surface area contributed by atoms with Crippen LogP contribution in [0.1, 0.15) is 33.1 Å². The van der Waals surface area contributed by atoms with Gasteiger partial charge in [0, 0.05) is 25.6 Å². The van der Waals surface area contributed by atoms with Crippen molar-refractivity contribution >= 4 is 29.0 Å². The number of nitrogens with one attached hydrogen (secondary N) is 2. The second-order valence-electron chi connectivity index (χ2n) is 6.97. The topological polar surface area (TPSA) is 88.6 Å². The van der Waals surface area contributed by atoms with Crippen molar-refractivity contribution in [3.05, 3.63) is 27.3 Å². The highest BCUT2D eigenvalue weighted by Gasteiger charge is 2.17. The van der Waals surface area contributed by atoms with Gasteiger partial charge in [-0.15, -0.1) is 0 Å². The van der Waals surface area contributed by atoms with Crippen LogP contribution < -0.4 is 20.3 Å². The molecule has 3 rings (SSSR count). The first-order valence-corrected chi connectivity index (χ1v) is 10.5. The Balaban J connectivity index is 1.54. The molecular weight excluding hydrogens is 392 g/mol. The van der Waals surface area contributed by atoms with E-state index in [-0.39, 0.29) is 18.3 Å². The predicted molar refractivity (Wildman–Crippen MR) is 114 cm³/mol. The molecule has 1 aliphatic rings. The Hall–Kier alpha value is -2.39. The van der Waals surface area contributed by atoms with Gasteiger partial charge in [0.2, 0.25) is 12.7 Å². The van der Waals surface area contributed by atoms with Crippen LogP contribution in [-0.4, -0.2) is 53.3 Å². The Kier molecular flexibility index (Phi) is 7.27. The summed E-state index contributed by atoms with van der Waals surface area (Å²) in [7, 11) is 0. The number of nitrogens with zero attached hydrogens (tertiary/aromatic N) is 2. The number of ether oxygens (including phenoxy) is 2. The van der Waals surface area contributed by atoms with Gasteiger partial charge in [-0.05, 0) is 50.8 Å². The van der Waals surface area contributed by atoms with Crippen LogP contribution in [0.15, 0.2) is 16.9 Å². The Labute approximate surface area is 174 Å². The van der Waals surface area contributed by atoms with Gasteiger partial charge in [-0.1, -0.05) is 13.8 Å². The van der Waals surface area contributed by atoms with Gasteiger partial charge < -0.3 is 24.7 Å². The molecule has 0 fully saturated rings. The zero-order chi connectivity index (χ0) is 20.8. The SMILES string of the molecule is CCN(CC)CCCNC(=O)CCCn1c(=S)[nH]c2cc3c(cc2c1=O)OCO3. The van der Waals surface area contributed by atoms with Crippen molar-refractivity contribution < 1.29 is 14.3 Å². The maximum Gasteiger partial charge on any atom is 0.262 e. The molecule has 0 bridgehead atoms. The first-order chi connectivity index (χ1) is 14.0. The first-order valence-electron chi connectivity index (χ1n) is 10.1. The van der Waals surface area contributed by atoms with Crippen LogP contribution in [0.2, 0.25) is 0 Å². The summed E-state index contributed by atoms with van der Waals surface area (Å²) in [5.74, 6) is 1.14. The fourth-order valence-corrected chi connectivity index (χ4v) is 3.69. The van der Waals surface area contributed by atoms with Gasteiger partial charge in [0.05, 0.1) is 10.9 Å². The minimum absolute atomic E-state index is 0.00310. The maximum atomic E-state index is 12.8. The molecule has 0 saturated heterocycles. The normalized spacial score (nSPS) is 12.7. The molecule has 1 aliphatic heterocycles. The number of carbonyl (C=O) groups is 1. The Morgan fingerprint density at radius 1 is 1.24 bits per heavy atom. The van der Waals surface area contributed by atoms with Gasteiger partial charge >= 0.3 is 0 Å². The lowest BCUT2D eigenvalue weighted by atomic mass is 10.2. The molecule has 0 spiro atoms. The van der Waals surface area contributed by atoms with E-state index in [1.54, 1.807) is 12.1 Å². The minimum Gasteiger partial charge on any atom is -0.454 e. The monoisotopic (exact) mass is 420 g/mol. The summed E-state index contributed by atoms with van der Waals surface area (Å²) in [5, 5.41) is 3.43. The van der Waals surface area contributed by atoms with Crippen molar-refractivity contribution in [2.45, 2.75) is 39.7 Å². The van der Waals surface area contributed by atoms with Gasteiger partial charge in [0.1, 0.15) is 0 Å². The molecule has 1 amide bonds. The van der Waals surface area contributed by atoms with Crippen LogP contribution in [0.3, 0.4) is 0 Å². The Bertz CT molecular complexity index is 981. The maximum absolute atomic E-state index is 12.8. The third kappa shape index (κ3) is 5.16. The quantitative estimate of drug-likeness (QED) is 0.453. The summed E-state index contributed by atoms with van der Waals surface area (Å²) in [4.78, 5) is 30.3. The molecule has 0 aliphatic carbocycles. The van der Waals surface area contributed by atoms with Gasteiger partial charge in [-0.3, -0.25) is 14.2 Å². The summed E-state index contributed by atoms with van der Waals surface area (Å²) in [6.07, 6.45) is 1.82. The van der Waals surface area contributed by atoms with Gasteiger partial charge in [-0.25, -0.2) is 0 Å². The number of H-pyrrole nitrogens is 1. The summed E-state index contributed by atoms with van der Waals surface area (Å²) >= 11 is 5.34. The minimum atomic E-state index is -0.193. The second kappa shape index (κ2) is 9.89. The number of amides is 1. The molecule has 158 valence electrons. The molecule has 0 radical (unpaired) electrons. The van der Waals surface area contributed by atoms with Crippen LogP contribution in [0, 0.1) is 4.77 Å². The standard InChI is InChI=1S/C20H28N4O4S/c1-3-23(4-2)9-6-8-21-18(25)7-5-10-24-19(26)14-11-16-17(28-13-27-16)12-15(14)22-20(24)29/h11-12H,3-10,13H2,1-2H3,(H,21,25)(H,22,29). The van der Waals surface area contributed by atoms with Crippen molar-refractivity contribution in [1.29, 1.82) is 0 Å². The summed E-state index contributed by atoms with van der Waals surface area (Å²) < 4.78 is 12.5. The number of fused-ring (bicyclic) bond motifs is 2. The lowest BCUT2D eigenvalue weighted by Crippen LogP contribution is -2.30. The smallest absolute Gasteiger partial charge is 0.262 e. The number of aromatic amines is 1. The van der Waals surface area contributed by atoms with Crippen LogP contribution in [0.25, 0.3) is 10.9 Å². The number of hydrogen-bond acceptors (Lipinski definition) is 6. The van der Waals surface area contributed by atoms with E-state index in [1.165, 1.54) is 4.57 Å². The average molecular weight is 421 g/mol. The predicted octanol–water partition coefficient (Wildman–Crippen LogP) is 2.42. The Morgan fingerprint density at radius 2 is 1.97 bits per heavy atom. The molecule has 2 aromatic rings. The van der Waals surface area contributed by atoms with Crippen LogP contribution in [-0.2, 0) is 11.3 Å². The highest BCUT2D eigenvalue weighted by Crippen LogP contribution is 2.34. The highest BCUT2D eigenvalue weighted by molar-refractivity contribution is 7.71. The molecule has 1 aromatic heterocycles. The number of carbonyl (C=O) groups excluding carboxylic acids is 1. The third-order valence-corrected chi connectivity index (χ3v) is 5.45. The molecule has 2 N–H and O–H groups in total. The molecule has 8 nitrogen and oxygen atoms in total. The van der Waals surface area contributed by atoms with E-state index in [0.29, 0.717) is 53.1 Å². The molecular formula is C20H28N4O4S. The Morgan fingerprint density at radius 3 is 2.69 bits per heavy atom. The fourth-order valence-electron chi connectivity index (χ4n) is 3.40. The van der Waals surface area contributed by atoms with E-state index in [1.807, 2.05) is 0 Å². The van der Waals surface area contributed by atoms with Crippen molar-refractivity contribution in [3.63, 3.8) is 0 Å². The summed E-state index contributed by atoms with van der Waals surface area (Å²) in [6, 6.07) is 3.40. The molecule has 2 heterocycles. The zero-order valence-electron chi connectivity index (χ0n) is 17.0. The van der Waals surface area contributed by atoms with Gasteiger partial charge in [0.15, 0.2) is 16.3 Å². The molecule has 0 atom stereocenters. The molecule has 0 unspecified atom stereocenters. The lowest BCUT2D eigenvalue weighted by Gasteiger charge is -2.17. The zero-order valence-corrected chi connectivity index (χ0v) is 17.8. The summed E-state index contributed by atoms with van der Waals surface area (Å²) in [6.45, 7) is 8.48. The van der Waals surface area contributed by atoms with Crippen molar-refractivity contribution in [1.82, 2.24) is 19.8 Å². The van der Waals surface area contributed by atoms with E-state index in [2.05, 4.69) is 29.0 Å². The van der Waals surface area contributed by atoms with E-state index in [0.717, 1.165) is 26.1 Å². The molecule has 1 aromatic carbocycles. The largest absolute Gasteiger partial charge is 0.454 e. The van der Waals surface area contributed by atoms with Gasteiger partial charge in [0.25, 0.3) is 5.56 Å². The second-order valence-corrected chi connectivity index (χ2v) is 7.36. The van der Waals surface area contributed by atoms with Crippen molar-refractivity contribution in [2.24, 2.45) is 0 Å². The number of benzene rings is 1. The van der Waals surface area contributed by atoms with E-state index >= 15 is 0 Å². The number of rotatable bonds is 10.